The summed E-state index contributed by atoms with van der Waals surface area (Å²) in [4.78, 5) is 32.5. The first-order valence-corrected chi connectivity index (χ1v) is 13.9. The van der Waals surface area contributed by atoms with E-state index in [-0.39, 0.29) is 36.2 Å². The van der Waals surface area contributed by atoms with Crippen LogP contribution in [0.2, 0.25) is 0 Å². The number of rotatable bonds is 10. The van der Waals surface area contributed by atoms with Crippen molar-refractivity contribution < 1.29 is 14.3 Å². The fourth-order valence-electron chi connectivity index (χ4n) is 5.37. The molecule has 0 bridgehead atoms. The number of nitrogens with zero attached hydrogens (tertiary/aromatic N) is 2. The second-order valence-electron chi connectivity index (χ2n) is 9.62. The number of ether oxygens (including phenoxy) is 1. The minimum absolute atomic E-state index is 0.0161. The van der Waals surface area contributed by atoms with Crippen LogP contribution >= 0.6 is 11.3 Å². The third kappa shape index (κ3) is 5.40. The molecule has 0 radical (unpaired) electrons. The monoisotopic (exact) mass is 502 g/mol. The van der Waals surface area contributed by atoms with Crippen molar-refractivity contribution >= 4 is 23.2 Å². The molecule has 1 aliphatic carbocycles. The molecule has 1 aliphatic heterocycles. The summed E-state index contributed by atoms with van der Waals surface area (Å²) in [5.74, 6) is 0.325. The maximum absolute atomic E-state index is 13.8. The van der Waals surface area contributed by atoms with Crippen molar-refractivity contribution in [2.45, 2.75) is 38.1 Å². The normalized spacial score (nSPS) is 20.6. The molecule has 5 nitrogen and oxygen atoms in total. The first-order chi connectivity index (χ1) is 17.7. The van der Waals surface area contributed by atoms with Crippen molar-refractivity contribution in [2.75, 3.05) is 32.8 Å². The standard InChI is InChI=1S/C30H34N2O3S/c1-2-35-18-9-16-31(30(34)26-20-25(26)22-10-5-3-6-11-22)21-28(33)32-17-14-27-24(15-19-36-27)29(32)23-12-7-4-8-13-23/h3-8,10-13,15,19,25-26,29H,2,9,14,16-18,20-21H2,1H3. The quantitative estimate of drug-likeness (QED) is 0.355. The Morgan fingerprint density at radius 1 is 1.03 bits per heavy atom. The predicted octanol–water partition coefficient (Wildman–Crippen LogP) is 5.28. The van der Waals surface area contributed by atoms with Gasteiger partial charge in [0.2, 0.25) is 11.8 Å². The van der Waals surface area contributed by atoms with Crippen LogP contribution in [-0.2, 0) is 20.7 Å². The van der Waals surface area contributed by atoms with E-state index in [1.165, 1.54) is 16.0 Å². The van der Waals surface area contributed by atoms with Gasteiger partial charge >= 0.3 is 0 Å². The molecular formula is C30H34N2O3S. The van der Waals surface area contributed by atoms with Crippen molar-refractivity contribution in [2.24, 2.45) is 5.92 Å². The minimum Gasteiger partial charge on any atom is -0.382 e. The van der Waals surface area contributed by atoms with Gasteiger partial charge in [-0.3, -0.25) is 9.59 Å². The van der Waals surface area contributed by atoms with Gasteiger partial charge in [0, 0.05) is 37.1 Å². The summed E-state index contributed by atoms with van der Waals surface area (Å²) in [5, 5.41) is 2.12. The van der Waals surface area contributed by atoms with Crippen molar-refractivity contribution in [3.8, 4) is 0 Å². The summed E-state index contributed by atoms with van der Waals surface area (Å²) in [6, 6.07) is 22.5. The maximum atomic E-state index is 13.8. The molecule has 3 aromatic rings. The molecule has 5 rings (SSSR count). The van der Waals surface area contributed by atoms with E-state index in [1.807, 2.05) is 48.2 Å². The summed E-state index contributed by atoms with van der Waals surface area (Å²) in [6.45, 7) is 4.54. The van der Waals surface area contributed by atoms with E-state index >= 15 is 0 Å². The molecule has 0 N–H and O–H groups in total. The average Bonchev–Trinajstić information content (AvgIpc) is 3.58. The zero-order valence-electron chi connectivity index (χ0n) is 20.8. The van der Waals surface area contributed by atoms with E-state index in [9.17, 15) is 9.59 Å². The molecule has 1 saturated carbocycles. The lowest BCUT2D eigenvalue weighted by Crippen LogP contribution is -2.47. The fraction of sp³-hybridized carbons (Fsp3) is 0.400. The molecule has 2 heterocycles. The van der Waals surface area contributed by atoms with Gasteiger partial charge in [-0.15, -0.1) is 11.3 Å². The van der Waals surface area contributed by atoms with Crippen LogP contribution in [-0.4, -0.2) is 54.5 Å². The topological polar surface area (TPSA) is 49.9 Å². The summed E-state index contributed by atoms with van der Waals surface area (Å²) in [7, 11) is 0. The number of thiophene rings is 1. The first kappa shape index (κ1) is 24.7. The molecule has 2 aliphatic rings. The number of amides is 2. The Labute approximate surface area is 217 Å². The molecule has 0 spiro atoms. The van der Waals surface area contributed by atoms with Gasteiger partial charge in [0.25, 0.3) is 0 Å². The molecule has 3 atom stereocenters. The third-order valence-corrected chi connectivity index (χ3v) is 8.29. The number of carbonyl (C=O) groups is 2. The first-order valence-electron chi connectivity index (χ1n) is 13.0. The van der Waals surface area contributed by atoms with Crippen LogP contribution in [0.25, 0.3) is 0 Å². The lowest BCUT2D eigenvalue weighted by Gasteiger charge is -2.37. The van der Waals surface area contributed by atoms with Crippen molar-refractivity contribution in [3.05, 3.63) is 93.7 Å². The number of fused-ring (bicyclic) bond motifs is 1. The Morgan fingerprint density at radius 3 is 2.47 bits per heavy atom. The Hall–Kier alpha value is -2.96. The van der Waals surface area contributed by atoms with E-state index in [1.54, 1.807) is 16.2 Å². The highest BCUT2D eigenvalue weighted by Gasteiger charge is 2.46. The van der Waals surface area contributed by atoms with Gasteiger partial charge < -0.3 is 14.5 Å². The van der Waals surface area contributed by atoms with E-state index < -0.39 is 0 Å². The van der Waals surface area contributed by atoms with Crippen molar-refractivity contribution in [1.29, 1.82) is 0 Å². The highest BCUT2D eigenvalue weighted by atomic mass is 32.1. The Morgan fingerprint density at radius 2 is 1.75 bits per heavy atom. The van der Waals surface area contributed by atoms with Crippen LogP contribution in [0.4, 0.5) is 0 Å². The van der Waals surface area contributed by atoms with Crippen molar-refractivity contribution in [3.63, 3.8) is 0 Å². The number of carbonyl (C=O) groups excluding carboxylic acids is 2. The highest BCUT2D eigenvalue weighted by molar-refractivity contribution is 7.10. The number of hydrogen-bond donors (Lipinski definition) is 0. The van der Waals surface area contributed by atoms with Crippen molar-refractivity contribution in [1.82, 2.24) is 9.80 Å². The summed E-state index contributed by atoms with van der Waals surface area (Å²) < 4.78 is 5.52. The minimum atomic E-state index is -0.105. The van der Waals surface area contributed by atoms with Crippen LogP contribution in [0.1, 0.15) is 53.3 Å². The SMILES string of the molecule is CCOCCCN(CC(=O)N1CCc2sccc2C1c1ccccc1)C(=O)C1CC1c1ccccc1. The predicted molar refractivity (Wildman–Crippen MR) is 143 cm³/mol. The second kappa shape index (κ2) is 11.4. The van der Waals surface area contributed by atoms with E-state index in [0.717, 1.165) is 24.8 Å². The van der Waals surface area contributed by atoms with Crippen LogP contribution in [0.3, 0.4) is 0 Å². The van der Waals surface area contributed by atoms with Gasteiger partial charge in [-0.05, 0) is 60.2 Å². The molecule has 0 saturated heterocycles. The molecule has 3 unspecified atom stereocenters. The van der Waals surface area contributed by atoms with E-state index in [4.69, 9.17) is 4.74 Å². The summed E-state index contributed by atoms with van der Waals surface area (Å²) in [6.07, 6.45) is 2.44. The molecule has 188 valence electrons. The molecule has 2 aromatic carbocycles. The van der Waals surface area contributed by atoms with Gasteiger partial charge in [0.05, 0.1) is 12.6 Å². The van der Waals surface area contributed by atoms with Crippen LogP contribution in [0.15, 0.2) is 72.1 Å². The molecular weight excluding hydrogens is 468 g/mol. The second-order valence-corrected chi connectivity index (χ2v) is 10.6. The third-order valence-electron chi connectivity index (χ3n) is 7.30. The number of benzene rings is 2. The maximum Gasteiger partial charge on any atom is 0.242 e. The zero-order chi connectivity index (χ0) is 24.9. The van der Waals surface area contributed by atoms with E-state index in [0.29, 0.717) is 26.3 Å². The smallest absolute Gasteiger partial charge is 0.242 e. The molecule has 6 heteroatoms. The Bertz CT molecular complexity index is 1160. The van der Waals surface area contributed by atoms with Gasteiger partial charge in [-0.2, -0.15) is 0 Å². The lowest BCUT2D eigenvalue weighted by molar-refractivity contribution is -0.142. The van der Waals surface area contributed by atoms with Crippen LogP contribution < -0.4 is 0 Å². The van der Waals surface area contributed by atoms with Gasteiger partial charge in [0.1, 0.15) is 0 Å². The average molecular weight is 503 g/mol. The largest absolute Gasteiger partial charge is 0.382 e. The van der Waals surface area contributed by atoms with Gasteiger partial charge in [0.15, 0.2) is 0 Å². The molecule has 36 heavy (non-hydrogen) atoms. The zero-order valence-corrected chi connectivity index (χ0v) is 21.7. The van der Waals surface area contributed by atoms with Crippen LogP contribution in [0.5, 0.6) is 0 Å². The highest BCUT2D eigenvalue weighted by Crippen LogP contribution is 2.48. The fourth-order valence-corrected chi connectivity index (χ4v) is 6.28. The van der Waals surface area contributed by atoms with Gasteiger partial charge in [-0.25, -0.2) is 0 Å². The summed E-state index contributed by atoms with van der Waals surface area (Å²) >= 11 is 1.77. The number of hydrogen-bond acceptors (Lipinski definition) is 4. The summed E-state index contributed by atoms with van der Waals surface area (Å²) in [5.41, 5.74) is 3.54. The molecule has 1 aromatic heterocycles. The van der Waals surface area contributed by atoms with Crippen LogP contribution in [0, 0.1) is 5.92 Å². The van der Waals surface area contributed by atoms with Gasteiger partial charge in [-0.1, -0.05) is 60.7 Å². The Balaban J connectivity index is 1.33. The lowest BCUT2D eigenvalue weighted by atomic mass is 9.93. The Kier molecular flexibility index (Phi) is 7.83. The van der Waals surface area contributed by atoms with E-state index in [2.05, 4.69) is 35.7 Å². The molecule has 1 fully saturated rings. The molecule has 2 amide bonds.